The summed E-state index contributed by atoms with van der Waals surface area (Å²) in [6.45, 7) is 2.19. The van der Waals surface area contributed by atoms with Crippen molar-refractivity contribution in [3.8, 4) is 0 Å². The number of primary amides is 1. The van der Waals surface area contributed by atoms with Crippen molar-refractivity contribution >= 4 is 11.6 Å². The molecule has 0 aliphatic heterocycles. The lowest BCUT2D eigenvalue weighted by atomic mass is 9.88. The van der Waals surface area contributed by atoms with Gasteiger partial charge in [-0.2, -0.15) is 0 Å². The van der Waals surface area contributed by atoms with E-state index in [-0.39, 0.29) is 11.7 Å². The minimum atomic E-state index is -0.693. The highest BCUT2D eigenvalue weighted by Crippen LogP contribution is 2.34. The van der Waals surface area contributed by atoms with Crippen LogP contribution in [0.5, 0.6) is 0 Å². The number of carbonyl (C=O) groups is 1. The maximum absolute atomic E-state index is 13.0. The Labute approximate surface area is 119 Å². The lowest BCUT2D eigenvalue weighted by Gasteiger charge is -2.31. The van der Waals surface area contributed by atoms with Gasteiger partial charge in [-0.25, -0.2) is 4.39 Å². The molecule has 1 aromatic carbocycles. The van der Waals surface area contributed by atoms with Gasteiger partial charge in [-0.3, -0.25) is 4.79 Å². The minimum absolute atomic E-state index is 0.282. The lowest BCUT2D eigenvalue weighted by molar-refractivity contribution is -0.122. The molecule has 110 valence electrons. The second-order valence-corrected chi connectivity index (χ2v) is 5.78. The molecule has 3 N–H and O–H groups in total. The van der Waals surface area contributed by atoms with E-state index >= 15 is 0 Å². The second kappa shape index (κ2) is 6.25. The zero-order valence-electron chi connectivity index (χ0n) is 12.0. The number of amides is 1. The molecule has 1 aliphatic carbocycles. The summed E-state index contributed by atoms with van der Waals surface area (Å²) in [5.41, 5.74) is 5.72. The van der Waals surface area contributed by atoms with Gasteiger partial charge in [0.05, 0.1) is 0 Å². The second-order valence-electron chi connectivity index (χ2n) is 5.78. The number of nitrogens with two attached hydrogens (primary N) is 1. The molecular formula is C16H23FN2O. The number of nitrogens with one attached hydrogen (secondary N) is 1. The van der Waals surface area contributed by atoms with Crippen molar-refractivity contribution < 1.29 is 9.18 Å². The van der Waals surface area contributed by atoms with E-state index in [0.717, 1.165) is 44.2 Å². The van der Waals surface area contributed by atoms with Crippen LogP contribution in [-0.2, 0) is 4.79 Å². The average Bonchev–Trinajstić information content (AvgIpc) is 2.65. The van der Waals surface area contributed by atoms with Gasteiger partial charge in [0.15, 0.2) is 0 Å². The van der Waals surface area contributed by atoms with Gasteiger partial charge in [0, 0.05) is 5.69 Å². The summed E-state index contributed by atoms with van der Waals surface area (Å²) < 4.78 is 13.0. The van der Waals surface area contributed by atoms with E-state index in [1.54, 1.807) is 12.1 Å². The maximum Gasteiger partial charge on any atom is 0.243 e. The van der Waals surface area contributed by atoms with E-state index in [1.807, 2.05) is 0 Å². The largest absolute Gasteiger partial charge is 0.371 e. The molecule has 0 bridgehead atoms. The SMILES string of the molecule is CCC1CCCC(Nc2ccc(F)cc2)(C(N)=O)CC1. The van der Waals surface area contributed by atoms with E-state index in [9.17, 15) is 9.18 Å². The van der Waals surface area contributed by atoms with Crippen molar-refractivity contribution in [2.45, 2.75) is 51.0 Å². The zero-order chi connectivity index (χ0) is 14.6. The summed E-state index contributed by atoms with van der Waals surface area (Å²) in [6.07, 6.45) is 5.79. The number of hydrogen-bond donors (Lipinski definition) is 2. The Morgan fingerprint density at radius 2 is 2.05 bits per heavy atom. The Morgan fingerprint density at radius 1 is 1.35 bits per heavy atom. The fourth-order valence-electron chi connectivity index (χ4n) is 3.06. The molecule has 1 aliphatic rings. The summed E-state index contributed by atoms with van der Waals surface area (Å²) >= 11 is 0. The fourth-order valence-corrected chi connectivity index (χ4v) is 3.06. The molecule has 2 unspecified atom stereocenters. The number of benzene rings is 1. The van der Waals surface area contributed by atoms with E-state index in [1.165, 1.54) is 12.1 Å². The summed E-state index contributed by atoms with van der Waals surface area (Å²) in [6, 6.07) is 6.09. The maximum atomic E-state index is 13.0. The third kappa shape index (κ3) is 3.30. The molecule has 1 aromatic rings. The van der Waals surface area contributed by atoms with Gasteiger partial charge in [0.2, 0.25) is 5.91 Å². The van der Waals surface area contributed by atoms with Crippen LogP contribution in [0.25, 0.3) is 0 Å². The molecule has 0 radical (unpaired) electrons. The van der Waals surface area contributed by atoms with Gasteiger partial charge in [-0.05, 0) is 49.4 Å². The molecule has 20 heavy (non-hydrogen) atoms. The minimum Gasteiger partial charge on any atom is -0.371 e. The average molecular weight is 278 g/mol. The fraction of sp³-hybridized carbons (Fsp3) is 0.562. The van der Waals surface area contributed by atoms with Crippen LogP contribution in [0.1, 0.15) is 45.4 Å². The van der Waals surface area contributed by atoms with Gasteiger partial charge in [0.25, 0.3) is 0 Å². The zero-order valence-corrected chi connectivity index (χ0v) is 12.0. The van der Waals surface area contributed by atoms with Crippen molar-refractivity contribution in [1.82, 2.24) is 0 Å². The van der Waals surface area contributed by atoms with Gasteiger partial charge in [0.1, 0.15) is 11.4 Å². The molecular weight excluding hydrogens is 255 g/mol. The number of anilines is 1. The molecule has 0 spiro atoms. The number of hydrogen-bond acceptors (Lipinski definition) is 2. The molecule has 0 heterocycles. The van der Waals surface area contributed by atoms with Gasteiger partial charge >= 0.3 is 0 Å². The summed E-state index contributed by atoms with van der Waals surface area (Å²) in [5.74, 6) is 0.0837. The van der Waals surface area contributed by atoms with Crippen LogP contribution >= 0.6 is 0 Å². The van der Waals surface area contributed by atoms with Crippen LogP contribution in [0.4, 0.5) is 10.1 Å². The monoisotopic (exact) mass is 278 g/mol. The van der Waals surface area contributed by atoms with Gasteiger partial charge < -0.3 is 11.1 Å². The van der Waals surface area contributed by atoms with Gasteiger partial charge in [-0.1, -0.05) is 26.2 Å². The van der Waals surface area contributed by atoms with E-state index in [4.69, 9.17) is 5.73 Å². The molecule has 0 saturated heterocycles. The Bertz CT molecular complexity index is 460. The number of carbonyl (C=O) groups excluding carboxylic acids is 1. The first-order valence-corrected chi connectivity index (χ1v) is 7.39. The van der Waals surface area contributed by atoms with Crippen molar-refractivity contribution in [2.75, 3.05) is 5.32 Å². The lowest BCUT2D eigenvalue weighted by Crippen LogP contribution is -2.50. The Kier molecular flexibility index (Phi) is 4.63. The van der Waals surface area contributed by atoms with Gasteiger partial charge in [-0.15, -0.1) is 0 Å². The van der Waals surface area contributed by atoms with Crippen LogP contribution in [0, 0.1) is 11.7 Å². The van der Waals surface area contributed by atoms with Crippen LogP contribution in [0.2, 0.25) is 0 Å². The van der Waals surface area contributed by atoms with Crippen LogP contribution < -0.4 is 11.1 Å². The summed E-state index contributed by atoms with van der Waals surface area (Å²) in [4.78, 5) is 12.0. The molecule has 0 aromatic heterocycles. The molecule has 3 nitrogen and oxygen atoms in total. The van der Waals surface area contributed by atoms with Crippen LogP contribution in [0.3, 0.4) is 0 Å². The van der Waals surface area contributed by atoms with Crippen LogP contribution in [-0.4, -0.2) is 11.4 Å². The molecule has 1 fully saturated rings. The van der Waals surface area contributed by atoms with E-state index in [2.05, 4.69) is 12.2 Å². The van der Waals surface area contributed by atoms with Crippen molar-refractivity contribution in [1.29, 1.82) is 0 Å². The highest BCUT2D eigenvalue weighted by atomic mass is 19.1. The molecule has 2 rings (SSSR count). The summed E-state index contributed by atoms with van der Waals surface area (Å²) in [5, 5.41) is 3.26. The smallest absolute Gasteiger partial charge is 0.243 e. The summed E-state index contributed by atoms with van der Waals surface area (Å²) in [7, 11) is 0. The quantitative estimate of drug-likeness (QED) is 0.829. The molecule has 1 amide bonds. The van der Waals surface area contributed by atoms with E-state index < -0.39 is 5.54 Å². The van der Waals surface area contributed by atoms with Crippen molar-refractivity contribution in [2.24, 2.45) is 11.7 Å². The standard InChI is InChI=1S/C16H23FN2O/c1-2-12-4-3-10-16(11-9-12,15(18)20)19-14-7-5-13(17)6-8-14/h5-8,12,19H,2-4,9-11H2,1H3,(H2,18,20). The number of rotatable bonds is 4. The molecule has 4 heteroatoms. The Morgan fingerprint density at radius 3 is 2.65 bits per heavy atom. The third-order valence-electron chi connectivity index (χ3n) is 4.47. The third-order valence-corrected chi connectivity index (χ3v) is 4.47. The highest BCUT2D eigenvalue weighted by molar-refractivity contribution is 5.88. The molecule has 2 atom stereocenters. The Balaban J connectivity index is 2.17. The molecule has 1 saturated carbocycles. The van der Waals surface area contributed by atoms with Crippen molar-refractivity contribution in [3.05, 3.63) is 30.1 Å². The predicted octanol–water partition coefficient (Wildman–Crippen LogP) is 3.45. The number of halogens is 1. The normalized spacial score (nSPS) is 26.8. The Hall–Kier alpha value is -1.58. The first-order valence-electron chi connectivity index (χ1n) is 7.39. The topological polar surface area (TPSA) is 55.1 Å². The van der Waals surface area contributed by atoms with E-state index in [0.29, 0.717) is 5.92 Å². The predicted molar refractivity (Wildman–Crippen MR) is 78.8 cm³/mol. The first kappa shape index (κ1) is 14.8. The van der Waals surface area contributed by atoms with Crippen LogP contribution in [0.15, 0.2) is 24.3 Å². The first-order chi connectivity index (χ1) is 9.55. The highest BCUT2D eigenvalue weighted by Gasteiger charge is 2.38. The van der Waals surface area contributed by atoms with Crippen molar-refractivity contribution in [3.63, 3.8) is 0 Å².